The van der Waals surface area contributed by atoms with Gasteiger partial charge in [0, 0.05) is 4.83 Å². The van der Waals surface area contributed by atoms with Gasteiger partial charge < -0.3 is 0 Å². The second kappa shape index (κ2) is 5.55. The highest BCUT2D eigenvalue weighted by atomic mass is 79.9. The van der Waals surface area contributed by atoms with Crippen LogP contribution in [0.5, 0.6) is 0 Å². The molecule has 0 radical (unpaired) electrons. The quantitative estimate of drug-likeness (QED) is 0.619. The summed E-state index contributed by atoms with van der Waals surface area (Å²) < 4.78 is 13.6. The molecular formula is C17H24BrF. The summed E-state index contributed by atoms with van der Waals surface area (Å²) >= 11 is 3.88. The minimum atomic E-state index is -0.121. The Balaban J connectivity index is 2.33. The molecule has 1 saturated carbocycles. The third-order valence-corrected chi connectivity index (χ3v) is 5.87. The molecule has 0 heterocycles. The van der Waals surface area contributed by atoms with Gasteiger partial charge in [-0.2, -0.15) is 0 Å². The van der Waals surface area contributed by atoms with E-state index in [2.05, 4.69) is 43.6 Å². The Morgan fingerprint density at radius 3 is 2.58 bits per heavy atom. The molecule has 106 valence electrons. The Labute approximate surface area is 124 Å². The fourth-order valence-corrected chi connectivity index (χ4v) is 5.18. The number of rotatable bonds is 2. The lowest BCUT2D eigenvalue weighted by molar-refractivity contribution is 0.213. The van der Waals surface area contributed by atoms with Crippen molar-refractivity contribution in [3.8, 4) is 0 Å². The summed E-state index contributed by atoms with van der Waals surface area (Å²) in [5.74, 6) is 1.25. The first-order chi connectivity index (χ1) is 8.82. The number of hydrogen-bond acceptors (Lipinski definition) is 0. The molecule has 1 aromatic carbocycles. The smallest absolute Gasteiger partial charge is 0.123 e. The Bertz CT molecular complexity index is 453. The highest BCUT2D eigenvalue weighted by molar-refractivity contribution is 9.09. The van der Waals surface area contributed by atoms with Crippen molar-refractivity contribution in [1.29, 1.82) is 0 Å². The van der Waals surface area contributed by atoms with E-state index in [1.54, 1.807) is 12.1 Å². The highest BCUT2D eigenvalue weighted by Crippen LogP contribution is 2.45. The average molecular weight is 327 g/mol. The standard InChI is InChI=1S/C17H24BrF/c1-11-5-8-14(16(18)9-11)17(3,4)15-10-13(19)7-6-12(15)2/h6-7,10-11,14,16H,5,8-9H2,1-4H3. The number of halogens is 2. The van der Waals surface area contributed by atoms with Crippen molar-refractivity contribution in [3.63, 3.8) is 0 Å². The van der Waals surface area contributed by atoms with Crippen LogP contribution in [0.4, 0.5) is 4.39 Å². The Morgan fingerprint density at radius 1 is 1.26 bits per heavy atom. The summed E-state index contributed by atoms with van der Waals surface area (Å²) in [4.78, 5) is 0.536. The van der Waals surface area contributed by atoms with Crippen LogP contribution < -0.4 is 0 Å². The third kappa shape index (κ3) is 3.04. The lowest BCUT2D eigenvalue weighted by atomic mass is 9.65. The number of hydrogen-bond donors (Lipinski definition) is 0. The molecule has 0 bridgehead atoms. The van der Waals surface area contributed by atoms with Gasteiger partial charge in [0.05, 0.1) is 0 Å². The van der Waals surface area contributed by atoms with Gasteiger partial charge in [0.2, 0.25) is 0 Å². The second-order valence-electron chi connectivity index (χ2n) is 6.72. The third-order valence-electron chi connectivity index (χ3n) is 4.86. The molecule has 3 unspecified atom stereocenters. The monoisotopic (exact) mass is 326 g/mol. The molecule has 0 aliphatic heterocycles. The normalized spacial score (nSPS) is 28.4. The van der Waals surface area contributed by atoms with E-state index >= 15 is 0 Å². The molecule has 0 N–H and O–H groups in total. The number of alkyl halides is 1. The maximum Gasteiger partial charge on any atom is 0.123 e. The van der Waals surface area contributed by atoms with Gasteiger partial charge in [-0.05, 0) is 60.3 Å². The van der Waals surface area contributed by atoms with E-state index in [-0.39, 0.29) is 11.2 Å². The fraction of sp³-hybridized carbons (Fsp3) is 0.647. The van der Waals surface area contributed by atoms with Crippen molar-refractivity contribution < 1.29 is 4.39 Å². The average Bonchev–Trinajstić information content (AvgIpc) is 2.31. The number of benzene rings is 1. The van der Waals surface area contributed by atoms with E-state index in [0.717, 1.165) is 11.5 Å². The molecule has 0 spiro atoms. The van der Waals surface area contributed by atoms with Crippen molar-refractivity contribution in [1.82, 2.24) is 0 Å². The van der Waals surface area contributed by atoms with Gasteiger partial charge in [-0.15, -0.1) is 0 Å². The summed E-state index contributed by atoms with van der Waals surface area (Å²) in [5, 5.41) is 0. The summed E-state index contributed by atoms with van der Waals surface area (Å²) in [5.41, 5.74) is 2.38. The maximum atomic E-state index is 13.6. The molecule has 1 aromatic rings. The largest absolute Gasteiger partial charge is 0.207 e. The van der Waals surface area contributed by atoms with Crippen LogP contribution in [0.1, 0.15) is 51.2 Å². The van der Waals surface area contributed by atoms with Crippen LogP contribution in [-0.4, -0.2) is 4.83 Å². The van der Waals surface area contributed by atoms with Gasteiger partial charge in [-0.25, -0.2) is 4.39 Å². The summed E-state index contributed by atoms with van der Waals surface area (Å²) in [6.07, 6.45) is 3.73. The first-order valence-corrected chi connectivity index (χ1v) is 8.14. The van der Waals surface area contributed by atoms with E-state index in [0.29, 0.717) is 10.7 Å². The summed E-state index contributed by atoms with van der Waals surface area (Å²) in [7, 11) is 0. The molecule has 0 amide bonds. The van der Waals surface area contributed by atoms with Gasteiger partial charge in [0.1, 0.15) is 5.82 Å². The molecule has 3 atom stereocenters. The van der Waals surface area contributed by atoms with E-state index in [1.807, 2.05) is 6.07 Å². The lowest BCUT2D eigenvalue weighted by Crippen LogP contribution is -2.39. The lowest BCUT2D eigenvalue weighted by Gasteiger charge is -2.43. The zero-order chi connectivity index (χ0) is 14.2. The zero-order valence-electron chi connectivity index (χ0n) is 12.3. The van der Waals surface area contributed by atoms with Crippen LogP contribution in [-0.2, 0) is 5.41 Å². The van der Waals surface area contributed by atoms with E-state index in [9.17, 15) is 4.39 Å². The van der Waals surface area contributed by atoms with Crippen molar-refractivity contribution in [3.05, 3.63) is 35.1 Å². The van der Waals surface area contributed by atoms with E-state index in [1.165, 1.54) is 24.8 Å². The van der Waals surface area contributed by atoms with Gasteiger partial charge in [-0.1, -0.05) is 49.2 Å². The molecule has 1 aliphatic rings. The zero-order valence-corrected chi connectivity index (χ0v) is 13.9. The van der Waals surface area contributed by atoms with Crippen molar-refractivity contribution in [2.24, 2.45) is 11.8 Å². The first-order valence-electron chi connectivity index (χ1n) is 7.23. The maximum absolute atomic E-state index is 13.6. The van der Waals surface area contributed by atoms with Crippen LogP contribution in [0.15, 0.2) is 18.2 Å². The predicted octanol–water partition coefficient (Wildman–Crippen LogP) is 5.61. The van der Waals surface area contributed by atoms with Crippen molar-refractivity contribution in [2.45, 2.75) is 57.2 Å². The van der Waals surface area contributed by atoms with E-state index in [4.69, 9.17) is 0 Å². The Kier molecular flexibility index (Phi) is 4.39. The van der Waals surface area contributed by atoms with Crippen molar-refractivity contribution in [2.75, 3.05) is 0 Å². The molecular weight excluding hydrogens is 303 g/mol. The second-order valence-corrected chi connectivity index (χ2v) is 7.90. The van der Waals surface area contributed by atoms with Crippen LogP contribution in [0.3, 0.4) is 0 Å². The van der Waals surface area contributed by atoms with Gasteiger partial charge in [0.15, 0.2) is 0 Å². The topological polar surface area (TPSA) is 0 Å². The molecule has 0 aromatic heterocycles. The molecule has 19 heavy (non-hydrogen) atoms. The molecule has 0 nitrogen and oxygen atoms in total. The molecule has 1 aliphatic carbocycles. The molecule has 1 fully saturated rings. The number of aryl methyl sites for hydroxylation is 1. The van der Waals surface area contributed by atoms with Crippen LogP contribution in [0.25, 0.3) is 0 Å². The van der Waals surface area contributed by atoms with Crippen LogP contribution >= 0.6 is 15.9 Å². The molecule has 2 rings (SSSR count). The van der Waals surface area contributed by atoms with Crippen LogP contribution in [0.2, 0.25) is 0 Å². The first kappa shape index (κ1) is 15.0. The van der Waals surface area contributed by atoms with Gasteiger partial charge >= 0.3 is 0 Å². The molecule has 2 heteroatoms. The van der Waals surface area contributed by atoms with Crippen molar-refractivity contribution >= 4 is 15.9 Å². The summed E-state index contributed by atoms with van der Waals surface area (Å²) in [6.45, 7) is 8.95. The van der Waals surface area contributed by atoms with Crippen LogP contribution in [0, 0.1) is 24.6 Å². The molecule has 0 saturated heterocycles. The SMILES string of the molecule is Cc1ccc(F)cc1C(C)(C)C1CCC(C)CC1Br. The Morgan fingerprint density at radius 2 is 1.95 bits per heavy atom. The Hall–Kier alpha value is -0.370. The highest BCUT2D eigenvalue weighted by Gasteiger charge is 2.39. The predicted molar refractivity (Wildman–Crippen MR) is 83.4 cm³/mol. The fourth-order valence-electron chi connectivity index (χ4n) is 3.61. The summed E-state index contributed by atoms with van der Waals surface area (Å²) in [6, 6.07) is 5.19. The minimum absolute atomic E-state index is 0.0144. The van der Waals surface area contributed by atoms with Gasteiger partial charge in [0.25, 0.3) is 0 Å². The minimum Gasteiger partial charge on any atom is -0.207 e. The van der Waals surface area contributed by atoms with Gasteiger partial charge in [-0.3, -0.25) is 0 Å². The van der Waals surface area contributed by atoms with E-state index < -0.39 is 0 Å².